The van der Waals surface area contributed by atoms with E-state index in [0.717, 1.165) is 0 Å². The average Bonchev–Trinajstić information content (AvgIpc) is 3.43. The number of benzene rings is 2. The van der Waals surface area contributed by atoms with Crippen molar-refractivity contribution in [2.24, 2.45) is 0 Å². The Morgan fingerprint density at radius 1 is 1.07 bits per heavy atom. The molecule has 5 rings (SSSR count). The fraction of sp³-hybridized carbons (Fsp3) is 0.258. The van der Waals surface area contributed by atoms with E-state index in [9.17, 15) is 14.9 Å². The highest BCUT2D eigenvalue weighted by atomic mass is 19.3. The van der Waals surface area contributed by atoms with Crippen molar-refractivity contribution in [2.75, 3.05) is 24.4 Å². The molecule has 0 bridgehead atoms. The standard InChI is InChI=1S/C29H24F2N6O4.C2H6/c1-17-16-36-26(23(15-34-36)35-27(38)18-4-9-24(40-2)19(12-18)14-32)28(39)37(17)22-7-5-20(6-8-22)29(30,31)21-10-11-33-25(13-21)41-3;1-2/h4-13,15,17H,16H2,1-3H3,(H,35,38);1-2H3/t17-;/m0./s1. The van der Waals surface area contributed by atoms with Crippen LogP contribution in [0.2, 0.25) is 0 Å². The van der Waals surface area contributed by atoms with E-state index in [2.05, 4.69) is 15.4 Å². The molecule has 0 fully saturated rings. The van der Waals surface area contributed by atoms with Gasteiger partial charge in [-0.05, 0) is 43.3 Å². The number of hydrogen-bond acceptors (Lipinski definition) is 7. The quantitative estimate of drug-likeness (QED) is 0.297. The van der Waals surface area contributed by atoms with Crippen LogP contribution >= 0.6 is 0 Å². The summed E-state index contributed by atoms with van der Waals surface area (Å²) >= 11 is 0. The van der Waals surface area contributed by atoms with E-state index in [1.807, 2.05) is 26.8 Å². The molecule has 2 aromatic carbocycles. The summed E-state index contributed by atoms with van der Waals surface area (Å²) in [6.45, 7) is 6.13. The van der Waals surface area contributed by atoms with Crippen molar-refractivity contribution in [3.8, 4) is 17.7 Å². The molecule has 2 amide bonds. The third kappa shape index (κ3) is 5.88. The van der Waals surface area contributed by atoms with Crippen LogP contribution in [0, 0.1) is 11.3 Å². The lowest BCUT2D eigenvalue weighted by Gasteiger charge is -2.34. The molecule has 222 valence electrons. The van der Waals surface area contributed by atoms with Crippen molar-refractivity contribution in [1.82, 2.24) is 14.8 Å². The van der Waals surface area contributed by atoms with Crippen LogP contribution < -0.4 is 19.7 Å². The smallest absolute Gasteiger partial charge is 0.298 e. The summed E-state index contributed by atoms with van der Waals surface area (Å²) in [4.78, 5) is 32.0. The van der Waals surface area contributed by atoms with Crippen molar-refractivity contribution in [3.63, 3.8) is 0 Å². The zero-order chi connectivity index (χ0) is 31.3. The van der Waals surface area contributed by atoms with Crippen molar-refractivity contribution < 1.29 is 27.8 Å². The number of fused-ring (bicyclic) bond motifs is 1. The fourth-order valence-corrected chi connectivity index (χ4v) is 4.70. The molecule has 4 aromatic rings. The number of nitrogens with one attached hydrogen (secondary N) is 1. The maximum atomic E-state index is 15.3. The molecule has 0 unspecified atom stereocenters. The minimum absolute atomic E-state index is 0.0727. The number of nitriles is 1. The molecule has 2 aromatic heterocycles. The van der Waals surface area contributed by atoms with E-state index in [4.69, 9.17) is 9.47 Å². The Kier molecular flexibility index (Phi) is 9.04. The van der Waals surface area contributed by atoms with Gasteiger partial charge in [-0.3, -0.25) is 14.3 Å². The molecule has 1 aliphatic rings. The molecule has 43 heavy (non-hydrogen) atoms. The molecule has 0 aliphatic carbocycles. The zero-order valence-corrected chi connectivity index (χ0v) is 24.3. The minimum Gasteiger partial charge on any atom is -0.495 e. The van der Waals surface area contributed by atoms with Gasteiger partial charge in [-0.2, -0.15) is 19.1 Å². The number of alkyl halides is 2. The predicted octanol–water partition coefficient (Wildman–Crippen LogP) is 5.63. The van der Waals surface area contributed by atoms with Crippen LogP contribution in [0.15, 0.2) is 67.0 Å². The van der Waals surface area contributed by atoms with Gasteiger partial charge in [-0.1, -0.05) is 26.0 Å². The molecule has 3 heterocycles. The predicted molar refractivity (Wildman–Crippen MR) is 156 cm³/mol. The molecule has 1 atom stereocenters. The monoisotopic (exact) mass is 588 g/mol. The lowest BCUT2D eigenvalue weighted by atomic mass is 10.0. The van der Waals surface area contributed by atoms with Crippen LogP contribution in [-0.4, -0.2) is 46.8 Å². The number of halogens is 2. The van der Waals surface area contributed by atoms with Crippen molar-refractivity contribution >= 4 is 23.2 Å². The highest BCUT2D eigenvalue weighted by Gasteiger charge is 2.37. The molecule has 1 N–H and O–H groups in total. The number of anilines is 2. The van der Waals surface area contributed by atoms with Crippen LogP contribution in [0.25, 0.3) is 0 Å². The van der Waals surface area contributed by atoms with Gasteiger partial charge >= 0.3 is 0 Å². The van der Waals surface area contributed by atoms with Gasteiger partial charge in [0.05, 0.1) is 44.3 Å². The van der Waals surface area contributed by atoms with Crippen molar-refractivity contribution in [3.05, 3.63) is 94.9 Å². The summed E-state index contributed by atoms with van der Waals surface area (Å²) in [5, 5.41) is 16.3. The average molecular weight is 589 g/mol. The van der Waals surface area contributed by atoms with Gasteiger partial charge in [0.1, 0.15) is 17.5 Å². The zero-order valence-electron chi connectivity index (χ0n) is 24.3. The maximum absolute atomic E-state index is 15.3. The van der Waals surface area contributed by atoms with Crippen LogP contribution in [-0.2, 0) is 12.5 Å². The summed E-state index contributed by atoms with van der Waals surface area (Å²) in [6.07, 6.45) is 2.63. The number of hydrogen-bond donors (Lipinski definition) is 1. The van der Waals surface area contributed by atoms with Gasteiger partial charge in [-0.15, -0.1) is 0 Å². The van der Waals surface area contributed by atoms with Crippen LogP contribution in [0.5, 0.6) is 11.6 Å². The second-order valence-electron chi connectivity index (χ2n) is 9.30. The highest BCUT2D eigenvalue weighted by Crippen LogP contribution is 2.38. The molecular weight excluding hydrogens is 558 g/mol. The Morgan fingerprint density at radius 2 is 1.79 bits per heavy atom. The molecule has 0 saturated heterocycles. The number of rotatable bonds is 7. The minimum atomic E-state index is -3.32. The first-order valence-electron chi connectivity index (χ1n) is 13.5. The van der Waals surface area contributed by atoms with Gasteiger partial charge in [0, 0.05) is 34.6 Å². The van der Waals surface area contributed by atoms with Crippen LogP contribution in [0.1, 0.15) is 58.3 Å². The van der Waals surface area contributed by atoms with Gasteiger partial charge in [-0.25, -0.2) is 4.98 Å². The second-order valence-corrected chi connectivity index (χ2v) is 9.30. The van der Waals surface area contributed by atoms with E-state index in [-0.39, 0.29) is 45.6 Å². The number of carbonyl (C=O) groups is 2. The Labute approximate surface area is 247 Å². The summed E-state index contributed by atoms with van der Waals surface area (Å²) in [6, 6.07) is 13.9. The number of methoxy groups -OCH3 is 2. The van der Waals surface area contributed by atoms with Gasteiger partial charge in [0.25, 0.3) is 17.7 Å². The first kappa shape index (κ1) is 30.6. The molecule has 0 radical (unpaired) electrons. The molecular formula is C31H30F2N6O4. The summed E-state index contributed by atoms with van der Waals surface area (Å²) < 4.78 is 42.1. The van der Waals surface area contributed by atoms with E-state index < -0.39 is 17.7 Å². The number of aromatic nitrogens is 3. The van der Waals surface area contributed by atoms with Gasteiger partial charge in [0.2, 0.25) is 5.88 Å². The van der Waals surface area contributed by atoms with E-state index in [1.54, 1.807) is 0 Å². The number of carbonyl (C=O) groups excluding carboxylic acids is 2. The lowest BCUT2D eigenvalue weighted by Crippen LogP contribution is -2.47. The third-order valence-electron chi connectivity index (χ3n) is 6.78. The molecule has 0 spiro atoms. The maximum Gasteiger partial charge on any atom is 0.298 e. The molecule has 1 aliphatic heterocycles. The number of nitrogens with zero attached hydrogens (tertiary/aromatic N) is 5. The number of amides is 2. The van der Waals surface area contributed by atoms with E-state index in [0.29, 0.717) is 18.0 Å². The molecule has 12 heteroatoms. The van der Waals surface area contributed by atoms with Gasteiger partial charge < -0.3 is 19.7 Å². The van der Waals surface area contributed by atoms with Crippen LogP contribution in [0.4, 0.5) is 20.2 Å². The Bertz CT molecular complexity index is 1680. The van der Waals surface area contributed by atoms with E-state index in [1.165, 1.54) is 90.8 Å². The largest absolute Gasteiger partial charge is 0.495 e. The highest BCUT2D eigenvalue weighted by molar-refractivity contribution is 6.13. The Morgan fingerprint density at radius 3 is 2.44 bits per heavy atom. The normalized spacial score (nSPS) is 14.1. The molecule has 10 nitrogen and oxygen atoms in total. The van der Waals surface area contributed by atoms with Gasteiger partial charge in [0.15, 0.2) is 0 Å². The first-order chi connectivity index (χ1) is 20.7. The van der Waals surface area contributed by atoms with Crippen molar-refractivity contribution in [2.45, 2.75) is 39.3 Å². The van der Waals surface area contributed by atoms with Crippen molar-refractivity contribution in [1.29, 1.82) is 5.26 Å². The number of ether oxygens (including phenoxy) is 2. The molecule has 0 saturated carbocycles. The third-order valence-corrected chi connectivity index (χ3v) is 6.78. The Hall–Kier alpha value is -5.31. The fourth-order valence-electron chi connectivity index (χ4n) is 4.70. The van der Waals surface area contributed by atoms with E-state index >= 15 is 8.78 Å². The number of pyridine rings is 1. The summed E-state index contributed by atoms with van der Waals surface area (Å²) in [5.41, 5.74) is 0.575. The lowest BCUT2D eigenvalue weighted by molar-refractivity contribution is 0.0425. The summed E-state index contributed by atoms with van der Waals surface area (Å²) in [7, 11) is 2.77. The first-order valence-corrected chi connectivity index (χ1v) is 13.5. The Balaban J connectivity index is 0.00000207. The summed E-state index contributed by atoms with van der Waals surface area (Å²) in [5.74, 6) is -3.92. The van der Waals surface area contributed by atoms with Crippen LogP contribution in [0.3, 0.4) is 0 Å². The topological polar surface area (TPSA) is 122 Å². The SMILES string of the molecule is CC.COc1cc(C(F)(F)c2ccc(N3C(=O)c4c(NC(=O)c5ccc(OC)c(C#N)c5)cnn4C[C@@H]3C)cc2)ccn1. The second kappa shape index (κ2) is 12.7.